The number of aromatic hydroxyl groups is 1. The molecule has 0 bridgehead atoms. The van der Waals surface area contributed by atoms with Gasteiger partial charge in [0.25, 0.3) is 5.56 Å². The third kappa shape index (κ3) is 2.49. The van der Waals surface area contributed by atoms with Gasteiger partial charge in [0.15, 0.2) is 5.65 Å². The number of aromatic carboxylic acids is 1. The van der Waals surface area contributed by atoms with E-state index in [-0.39, 0.29) is 16.9 Å². The van der Waals surface area contributed by atoms with E-state index in [0.717, 1.165) is 0 Å². The number of carboxylic acid groups (broad SMARTS) is 1. The minimum Gasteiger partial charge on any atom is -0.507 e. The molecule has 0 fully saturated rings. The maximum atomic E-state index is 12.5. The number of H-pyrrole nitrogens is 1. The van der Waals surface area contributed by atoms with Crippen molar-refractivity contribution in [2.45, 2.75) is 0 Å². The number of fused-ring (bicyclic) bond motifs is 2. The fraction of sp³-hybridized carbons (Fsp3) is 0. The molecule has 0 radical (unpaired) electrons. The Morgan fingerprint density at radius 2 is 2.04 bits per heavy atom. The lowest BCUT2D eigenvalue weighted by atomic mass is 10.2. The summed E-state index contributed by atoms with van der Waals surface area (Å²) in [5.41, 5.74) is 1.54. The van der Waals surface area contributed by atoms with E-state index in [0.29, 0.717) is 27.8 Å². The first-order valence-electron chi connectivity index (χ1n) is 7.64. The molecule has 0 spiro atoms. The summed E-state index contributed by atoms with van der Waals surface area (Å²) in [7, 11) is 0. The number of rotatable bonds is 3. The fourth-order valence-corrected chi connectivity index (χ4v) is 2.67. The quantitative estimate of drug-likeness (QED) is 0.491. The second-order valence-electron chi connectivity index (χ2n) is 5.59. The number of aromatic amines is 1. The van der Waals surface area contributed by atoms with Crippen LogP contribution < -0.4 is 5.56 Å². The number of aliphatic imine (C=N–C) groups is 1. The van der Waals surface area contributed by atoms with Crippen LogP contribution in [-0.2, 0) is 0 Å². The van der Waals surface area contributed by atoms with E-state index in [1.165, 1.54) is 28.9 Å². The molecule has 0 aliphatic carbocycles. The van der Waals surface area contributed by atoms with Gasteiger partial charge in [0, 0.05) is 18.5 Å². The van der Waals surface area contributed by atoms with Gasteiger partial charge in [-0.2, -0.15) is 0 Å². The minimum atomic E-state index is -1.22. The lowest BCUT2D eigenvalue weighted by Crippen LogP contribution is -2.15. The Kier molecular flexibility index (Phi) is 3.51. The number of benzene rings is 2. The van der Waals surface area contributed by atoms with Crippen LogP contribution in [0, 0.1) is 0 Å². The first kappa shape index (κ1) is 15.6. The number of aromatic nitrogens is 3. The van der Waals surface area contributed by atoms with Crippen LogP contribution in [0.1, 0.15) is 15.9 Å². The first-order valence-corrected chi connectivity index (χ1v) is 7.64. The average molecular weight is 348 g/mol. The Bertz CT molecular complexity index is 1250. The highest BCUT2D eigenvalue weighted by molar-refractivity contribution is 5.93. The van der Waals surface area contributed by atoms with Crippen LogP contribution in [-0.4, -0.2) is 37.0 Å². The average Bonchev–Trinajstić information content (AvgIpc) is 3.03. The summed E-state index contributed by atoms with van der Waals surface area (Å²) in [6.45, 7) is 0. The molecule has 0 atom stereocenters. The Hall–Kier alpha value is -3.94. The molecule has 2 aromatic heterocycles. The molecule has 0 unspecified atom stereocenters. The van der Waals surface area contributed by atoms with Crippen LogP contribution in [0.5, 0.6) is 5.75 Å². The highest BCUT2D eigenvalue weighted by Crippen LogP contribution is 2.24. The van der Waals surface area contributed by atoms with Gasteiger partial charge in [-0.1, -0.05) is 12.1 Å². The Balaban J connectivity index is 1.78. The van der Waals surface area contributed by atoms with E-state index >= 15 is 0 Å². The second kappa shape index (κ2) is 5.85. The van der Waals surface area contributed by atoms with Gasteiger partial charge in [-0.15, -0.1) is 0 Å². The van der Waals surface area contributed by atoms with Crippen LogP contribution in [0.15, 0.2) is 58.4 Å². The number of carboxylic acids is 1. The van der Waals surface area contributed by atoms with Crippen LogP contribution in [0.25, 0.3) is 16.6 Å². The zero-order valence-corrected chi connectivity index (χ0v) is 13.2. The Labute approximate surface area is 145 Å². The van der Waals surface area contributed by atoms with E-state index in [4.69, 9.17) is 5.11 Å². The van der Waals surface area contributed by atoms with Crippen molar-refractivity contribution >= 4 is 34.4 Å². The molecule has 0 aliphatic heterocycles. The molecule has 4 rings (SSSR count). The highest BCUT2D eigenvalue weighted by atomic mass is 16.4. The summed E-state index contributed by atoms with van der Waals surface area (Å²) in [6.07, 6.45) is 3.08. The van der Waals surface area contributed by atoms with Gasteiger partial charge in [0.2, 0.25) is 0 Å². The van der Waals surface area contributed by atoms with Gasteiger partial charge in [-0.3, -0.25) is 14.9 Å². The minimum absolute atomic E-state index is 0.198. The molecule has 0 saturated carbocycles. The maximum Gasteiger partial charge on any atom is 0.339 e. The monoisotopic (exact) mass is 348 g/mol. The number of phenols is 1. The van der Waals surface area contributed by atoms with Gasteiger partial charge in [0.1, 0.15) is 11.3 Å². The highest BCUT2D eigenvalue weighted by Gasteiger charge is 2.11. The molecule has 0 saturated heterocycles. The largest absolute Gasteiger partial charge is 0.507 e. The smallest absolute Gasteiger partial charge is 0.339 e. The van der Waals surface area contributed by atoms with Crippen LogP contribution in [0.4, 0.5) is 5.69 Å². The first-order chi connectivity index (χ1) is 12.5. The molecule has 2 heterocycles. The summed E-state index contributed by atoms with van der Waals surface area (Å²) >= 11 is 0. The Morgan fingerprint density at radius 1 is 1.23 bits per heavy atom. The molecular weight excluding hydrogens is 336 g/mol. The van der Waals surface area contributed by atoms with Gasteiger partial charge >= 0.3 is 5.97 Å². The second-order valence-corrected chi connectivity index (χ2v) is 5.59. The van der Waals surface area contributed by atoms with Crippen molar-refractivity contribution in [2.75, 3.05) is 0 Å². The van der Waals surface area contributed by atoms with Crippen LogP contribution in [0.3, 0.4) is 0 Å². The summed E-state index contributed by atoms with van der Waals surface area (Å²) in [4.78, 5) is 32.1. The number of para-hydroxylation sites is 1. The van der Waals surface area contributed by atoms with Crippen LogP contribution in [0.2, 0.25) is 0 Å². The summed E-state index contributed by atoms with van der Waals surface area (Å²) in [6, 6.07) is 11.0. The normalized spacial score (nSPS) is 11.5. The third-order valence-corrected chi connectivity index (χ3v) is 3.95. The van der Waals surface area contributed by atoms with Crippen molar-refractivity contribution < 1.29 is 15.0 Å². The molecule has 0 aliphatic rings. The third-order valence-electron chi connectivity index (χ3n) is 3.95. The maximum absolute atomic E-state index is 12.5. The van der Waals surface area contributed by atoms with E-state index in [1.54, 1.807) is 30.5 Å². The topological polar surface area (TPSA) is 120 Å². The number of hydrogen-bond donors (Lipinski definition) is 3. The molecule has 128 valence electrons. The zero-order valence-electron chi connectivity index (χ0n) is 13.2. The van der Waals surface area contributed by atoms with Gasteiger partial charge in [-0.05, 0) is 24.3 Å². The van der Waals surface area contributed by atoms with Crippen molar-refractivity contribution in [2.24, 2.45) is 4.99 Å². The van der Waals surface area contributed by atoms with Crippen molar-refractivity contribution in [3.63, 3.8) is 0 Å². The van der Waals surface area contributed by atoms with E-state index < -0.39 is 5.97 Å². The fourth-order valence-electron chi connectivity index (χ4n) is 2.67. The summed E-state index contributed by atoms with van der Waals surface area (Å²) in [5.74, 6) is -1.59. The number of hydrogen-bond acceptors (Lipinski definition) is 5. The van der Waals surface area contributed by atoms with E-state index in [2.05, 4.69) is 15.1 Å². The SMILES string of the molecule is O=C(O)c1ccc(N=Cc2c[nH]n3c(=O)c4ccccc4nc23)cc1O. The molecule has 4 aromatic rings. The number of nitrogens with zero attached hydrogens (tertiary/aromatic N) is 3. The number of carbonyl (C=O) groups is 1. The molecule has 3 N–H and O–H groups in total. The van der Waals surface area contributed by atoms with Crippen molar-refractivity contribution in [3.8, 4) is 5.75 Å². The van der Waals surface area contributed by atoms with Crippen LogP contribution >= 0.6 is 0 Å². The summed E-state index contributed by atoms with van der Waals surface area (Å²) in [5, 5.41) is 22.0. The molecule has 8 heteroatoms. The predicted molar refractivity (Wildman–Crippen MR) is 95.6 cm³/mol. The van der Waals surface area contributed by atoms with Crippen molar-refractivity contribution in [1.82, 2.24) is 14.6 Å². The standard InChI is InChI=1S/C18H12N4O4/c23-15-7-11(5-6-13(15)18(25)26)19-8-10-9-20-22-16(10)21-14-4-2-1-3-12(14)17(22)24/h1-9,20,23H,(H,25,26). The van der Waals surface area contributed by atoms with Gasteiger partial charge in [-0.25, -0.2) is 14.3 Å². The predicted octanol–water partition coefficient (Wildman–Crippen LogP) is 2.33. The van der Waals surface area contributed by atoms with Crippen molar-refractivity contribution in [3.05, 3.63) is 70.1 Å². The molecule has 8 nitrogen and oxygen atoms in total. The lowest BCUT2D eigenvalue weighted by molar-refractivity contribution is 0.0694. The molecular formula is C18H12N4O4. The lowest BCUT2D eigenvalue weighted by Gasteiger charge is -2.00. The van der Waals surface area contributed by atoms with Gasteiger partial charge < -0.3 is 10.2 Å². The zero-order chi connectivity index (χ0) is 18.3. The van der Waals surface area contributed by atoms with Gasteiger partial charge in [0.05, 0.1) is 22.2 Å². The molecule has 0 amide bonds. The Morgan fingerprint density at radius 3 is 2.81 bits per heavy atom. The number of nitrogens with one attached hydrogen (secondary N) is 1. The molecule has 2 aromatic carbocycles. The summed E-state index contributed by atoms with van der Waals surface area (Å²) < 4.78 is 1.33. The van der Waals surface area contributed by atoms with E-state index in [9.17, 15) is 14.7 Å². The van der Waals surface area contributed by atoms with Crippen molar-refractivity contribution in [1.29, 1.82) is 0 Å². The van der Waals surface area contributed by atoms with E-state index in [1.807, 2.05) is 0 Å². The molecule has 26 heavy (non-hydrogen) atoms.